The van der Waals surface area contributed by atoms with Gasteiger partial charge in [-0.05, 0) is 18.7 Å². The molecule has 0 bridgehead atoms. The van der Waals surface area contributed by atoms with E-state index in [1.54, 1.807) is 14.2 Å². The Kier molecular flexibility index (Phi) is 4.01. The molecule has 5 nitrogen and oxygen atoms in total. The minimum Gasteiger partial charge on any atom is -0.497 e. The number of likely N-dealkylation sites (tertiary alicyclic amines) is 1. The van der Waals surface area contributed by atoms with Gasteiger partial charge in [0.1, 0.15) is 11.5 Å². The number of nitrogens with one attached hydrogen (secondary N) is 1. The van der Waals surface area contributed by atoms with Crippen LogP contribution in [-0.4, -0.2) is 44.5 Å². The molecule has 0 saturated carbocycles. The highest BCUT2D eigenvalue weighted by Gasteiger charge is 2.37. The predicted molar refractivity (Wildman–Crippen MR) is 83.1 cm³/mol. The van der Waals surface area contributed by atoms with Gasteiger partial charge in [-0.1, -0.05) is 6.92 Å². The highest BCUT2D eigenvalue weighted by molar-refractivity contribution is 5.90. The summed E-state index contributed by atoms with van der Waals surface area (Å²) in [4.78, 5) is 2.49. The van der Waals surface area contributed by atoms with Crippen molar-refractivity contribution in [1.82, 2.24) is 10.3 Å². The van der Waals surface area contributed by atoms with Crippen molar-refractivity contribution in [3.63, 3.8) is 0 Å². The fraction of sp³-hybridized carbons (Fsp3) is 0.562. The standard InChI is InChI=1S/C16H23N3O2/c1-4-19-8-7-14-13(10-19)16(18-17-14)12-6-5-11(20-2)9-15(12)21-3/h5-6,9,13,16,18H,4,7-8,10H2,1-3H3. The van der Waals surface area contributed by atoms with E-state index in [1.807, 2.05) is 12.1 Å². The molecule has 1 N–H and O–H groups in total. The van der Waals surface area contributed by atoms with Gasteiger partial charge in [-0.25, -0.2) is 0 Å². The Morgan fingerprint density at radius 2 is 2.19 bits per heavy atom. The van der Waals surface area contributed by atoms with E-state index in [9.17, 15) is 0 Å². The largest absolute Gasteiger partial charge is 0.497 e. The molecular weight excluding hydrogens is 266 g/mol. The third kappa shape index (κ3) is 2.58. The van der Waals surface area contributed by atoms with Gasteiger partial charge < -0.3 is 19.8 Å². The number of nitrogens with zero attached hydrogens (tertiary/aromatic N) is 2. The molecule has 0 radical (unpaired) electrons. The number of rotatable bonds is 4. The van der Waals surface area contributed by atoms with Crippen molar-refractivity contribution >= 4 is 5.71 Å². The van der Waals surface area contributed by atoms with Crippen LogP contribution in [-0.2, 0) is 0 Å². The highest BCUT2D eigenvalue weighted by atomic mass is 16.5. The molecule has 1 saturated heterocycles. The smallest absolute Gasteiger partial charge is 0.127 e. The van der Waals surface area contributed by atoms with Crippen molar-refractivity contribution in [2.75, 3.05) is 33.9 Å². The van der Waals surface area contributed by atoms with Gasteiger partial charge in [-0.2, -0.15) is 5.10 Å². The first-order chi connectivity index (χ1) is 10.3. The Labute approximate surface area is 125 Å². The number of hydrogen-bond donors (Lipinski definition) is 1. The van der Waals surface area contributed by atoms with Gasteiger partial charge in [-0.3, -0.25) is 0 Å². The summed E-state index contributed by atoms with van der Waals surface area (Å²) in [6, 6.07) is 6.20. The summed E-state index contributed by atoms with van der Waals surface area (Å²) < 4.78 is 10.8. The average Bonchev–Trinajstić information content (AvgIpc) is 2.96. The average molecular weight is 289 g/mol. The fourth-order valence-electron chi connectivity index (χ4n) is 3.26. The van der Waals surface area contributed by atoms with Crippen LogP contribution in [0.1, 0.15) is 24.9 Å². The molecule has 0 spiro atoms. The molecule has 2 unspecified atom stereocenters. The minimum atomic E-state index is 0.190. The second-order valence-electron chi connectivity index (χ2n) is 5.57. The van der Waals surface area contributed by atoms with Gasteiger partial charge in [0.25, 0.3) is 0 Å². The van der Waals surface area contributed by atoms with E-state index >= 15 is 0 Å². The lowest BCUT2D eigenvalue weighted by Gasteiger charge is -2.33. The topological polar surface area (TPSA) is 46.1 Å². The minimum absolute atomic E-state index is 0.190. The van der Waals surface area contributed by atoms with Crippen LogP contribution in [0, 0.1) is 5.92 Å². The number of fused-ring (bicyclic) bond motifs is 1. The Balaban J connectivity index is 1.87. The van der Waals surface area contributed by atoms with Gasteiger partial charge in [0.05, 0.1) is 20.3 Å². The number of hydrogen-bond acceptors (Lipinski definition) is 5. The molecule has 0 amide bonds. The number of piperidine rings is 1. The molecule has 2 aliphatic heterocycles. The molecule has 3 rings (SSSR count). The molecule has 0 aliphatic carbocycles. The zero-order valence-electron chi connectivity index (χ0n) is 12.9. The van der Waals surface area contributed by atoms with Crippen molar-refractivity contribution < 1.29 is 9.47 Å². The van der Waals surface area contributed by atoms with E-state index in [0.717, 1.165) is 43.1 Å². The van der Waals surface area contributed by atoms with E-state index in [2.05, 4.69) is 28.4 Å². The Hall–Kier alpha value is -1.75. The summed E-state index contributed by atoms with van der Waals surface area (Å²) in [5.74, 6) is 2.10. The zero-order valence-corrected chi connectivity index (χ0v) is 12.9. The maximum absolute atomic E-state index is 5.55. The highest BCUT2D eigenvalue weighted by Crippen LogP contribution is 2.38. The van der Waals surface area contributed by atoms with Crippen molar-refractivity contribution in [2.24, 2.45) is 11.0 Å². The Morgan fingerprint density at radius 1 is 1.33 bits per heavy atom. The second kappa shape index (κ2) is 5.93. The molecule has 5 heteroatoms. The Bertz CT molecular complexity index is 544. The maximum Gasteiger partial charge on any atom is 0.127 e. The first-order valence-electron chi connectivity index (χ1n) is 7.53. The molecule has 1 aromatic carbocycles. The van der Waals surface area contributed by atoms with Crippen molar-refractivity contribution in [2.45, 2.75) is 19.4 Å². The molecule has 2 atom stereocenters. The van der Waals surface area contributed by atoms with E-state index < -0.39 is 0 Å². The number of ether oxygens (including phenoxy) is 2. The lowest BCUT2D eigenvalue weighted by molar-refractivity contribution is 0.237. The van der Waals surface area contributed by atoms with Gasteiger partial charge in [0, 0.05) is 42.8 Å². The normalized spacial score (nSPS) is 25.0. The first-order valence-corrected chi connectivity index (χ1v) is 7.53. The van der Waals surface area contributed by atoms with Gasteiger partial charge in [-0.15, -0.1) is 0 Å². The molecule has 1 fully saturated rings. The van der Waals surface area contributed by atoms with E-state index in [-0.39, 0.29) is 6.04 Å². The Morgan fingerprint density at radius 3 is 2.90 bits per heavy atom. The van der Waals surface area contributed by atoms with E-state index in [4.69, 9.17) is 9.47 Å². The van der Waals surface area contributed by atoms with Crippen LogP contribution in [0.2, 0.25) is 0 Å². The second-order valence-corrected chi connectivity index (χ2v) is 5.57. The quantitative estimate of drug-likeness (QED) is 0.921. The lowest BCUT2D eigenvalue weighted by Crippen LogP contribution is -2.41. The van der Waals surface area contributed by atoms with Crippen molar-refractivity contribution in [3.05, 3.63) is 23.8 Å². The third-order valence-electron chi connectivity index (χ3n) is 4.54. The molecule has 0 aromatic heterocycles. The van der Waals surface area contributed by atoms with Crippen LogP contribution >= 0.6 is 0 Å². The fourth-order valence-corrected chi connectivity index (χ4v) is 3.26. The molecule has 2 heterocycles. The van der Waals surface area contributed by atoms with Crippen LogP contribution in [0.4, 0.5) is 0 Å². The van der Waals surface area contributed by atoms with Crippen molar-refractivity contribution in [3.8, 4) is 11.5 Å². The summed E-state index contributed by atoms with van der Waals surface area (Å²) in [5.41, 5.74) is 5.76. The molecule has 114 valence electrons. The van der Waals surface area contributed by atoms with Gasteiger partial charge in [0.15, 0.2) is 0 Å². The first kappa shape index (κ1) is 14.2. The summed E-state index contributed by atoms with van der Waals surface area (Å²) in [6.45, 7) is 5.48. The number of methoxy groups -OCH3 is 2. The maximum atomic E-state index is 5.55. The number of hydrazone groups is 1. The van der Waals surface area contributed by atoms with E-state index in [1.165, 1.54) is 5.71 Å². The summed E-state index contributed by atoms with van der Waals surface area (Å²) in [5, 5.41) is 4.56. The molecule has 1 aromatic rings. The summed E-state index contributed by atoms with van der Waals surface area (Å²) >= 11 is 0. The monoisotopic (exact) mass is 289 g/mol. The van der Waals surface area contributed by atoms with Crippen LogP contribution in [0.3, 0.4) is 0 Å². The lowest BCUT2D eigenvalue weighted by atomic mass is 9.86. The SMILES string of the molecule is CCN1CCC2=NNC(c3ccc(OC)cc3OC)C2C1. The van der Waals surface area contributed by atoms with Crippen molar-refractivity contribution in [1.29, 1.82) is 0 Å². The molecule has 2 aliphatic rings. The molecular formula is C16H23N3O2. The summed E-state index contributed by atoms with van der Waals surface area (Å²) in [7, 11) is 3.37. The summed E-state index contributed by atoms with van der Waals surface area (Å²) in [6.07, 6.45) is 1.06. The van der Waals surface area contributed by atoms with Crippen LogP contribution in [0.15, 0.2) is 23.3 Å². The van der Waals surface area contributed by atoms with Crippen LogP contribution in [0.25, 0.3) is 0 Å². The van der Waals surface area contributed by atoms with E-state index in [0.29, 0.717) is 5.92 Å². The third-order valence-corrected chi connectivity index (χ3v) is 4.54. The predicted octanol–water partition coefficient (Wildman–Crippen LogP) is 2.05. The van der Waals surface area contributed by atoms with Gasteiger partial charge in [0.2, 0.25) is 0 Å². The number of benzene rings is 1. The molecule has 21 heavy (non-hydrogen) atoms. The van der Waals surface area contributed by atoms with Crippen LogP contribution < -0.4 is 14.9 Å². The zero-order chi connectivity index (χ0) is 14.8. The van der Waals surface area contributed by atoms with Gasteiger partial charge >= 0.3 is 0 Å². The van der Waals surface area contributed by atoms with Crippen LogP contribution in [0.5, 0.6) is 11.5 Å².